The summed E-state index contributed by atoms with van der Waals surface area (Å²) in [4.78, 5) is 2.52. The molecule has 0 saturated heterocycles. The van der Waals surface area contributed by atoms with E-state index in [4.69, 9.17) is 5.73 Å². The summed E-state index contributed by atoms with van der Waals surface area (Å²) >= 11 is 0. The molecule has 0 aromatic heterocycles. The van der Waals surface area contributed by atoms with E-state index in [1.54, 1.807) is 0 Å². The lowest BCUT2D eigenvalue weighted by Gasteiger charge is -2.27. The topological polar surface area (TPSA) is 29.3 Å². The average molecular weight is 200 g/mol. The third-order valence-corrected chi connectivity index (χ3v) is 2.77. The average Bonchev–Trinajstić information content (AvgIpc) is 2.21. The lowest BCUT2D eigenvalue weighted by molar-refractivity contribution is 0.209. The molecule has 0 rings (SSSR count). The van der Waals surface area contributed by atoms with Crippen LogP contribution >= 0.6 is 0 Å². The molecular formula is C12H28N2. The third kappa shape index (κ3) is 6.39. The van der Waals surface area contributed by atoms with E-state index in [0.717, 1.165) is 6.54 Å². The Bertz CT molecular complexity index is 115. The molecule has 14 heavy (non-hydrogen) atoms. The molecule has 2 nitrogen and oxygen atoms in total. The maximum atomic E-state index is 5.69. The Balaban J connectivity index is 3.61. The molecule has 0 fully saturated rings. The first-order chi connectivity index (χ1) is 6.76. The highest BCUT2D eigenvalue weighted by Gasteiger charge is 2.09. The quantitative estimate of drug-likeness (QED) is 0.580. The summed E-state index contributed by atoms with van der Waals surface area (Å²) in [5.41, 5.74) is 5.69. The van der Waals surface area contributed by atoms with Gasteiger partial charge >= 0.3 is 0 Å². The molecule has 0 aliphatic rings. The van der Waals surface area contributed by atoms with Crippen LogP contribution in [0.5, 0.6) is 0 Å². The van der Waals surface area contributed by atoms with Crippen LogP contribution in [-0.4, -0.2) is 30.6 Å². The van der Waals surface area contributed by atoms with Gasteiger partial charge in [0.1, 0.15) is 0 Å². The minimum atomic E-state index is 0.552. The van der Waals surface area contributed by atoms with Crippen molar-refractivity contribution in [1.29, 1.82) is 0 Å². The number of nitrogens with two attached hydrogens (primary N) is 1. The van der Waals surface area contributed by atoms with E-state index < -0.39 is 0 Å². The van der Waals surface area contributed by atoms with E-state index in [2.05, 4.69) is 25.7 Å². The van der Waals surface area contributed by atoms with Gasteiger partial charge in [-0.25, -0.2) is 0 Å². The fraction of sp³-hybridized carbons (Fsp3) is 1.00. The summed E-state index contributed by atoms with van der Waals surface area (Å²) in [6.45, 7) is 9.94. The standard InChI is InChI=1S/C12H28N2/c1-4-6-7-8-10-14(9-5-2)12(3)11-13/h12H,4-11,13H2,1-3H3. The zero-order chi connectivity index (χ0) is 10.8. The molecule has 0 aliphatic heterocycles. The van der Waals surface area contributed by atoms with Crippen molar-refractivity contribution < 1.29 is 0 Å². The van der Waals surface area contributed by atoms with E-state index in [-0.39, 0.29) is 0 Å². The predicted octanol–water partition coefficient (Wildman–Crippen LogP) is 2.63. The number of rotatable bonds is 9. The monoisotopic (exact) mass is 200 g/mol. The van der Waals surface area contributed by atoms with Gasteiger partial charge in [-0.3, -0.25) is 4.90 Å². The van der Waals surface area contributed by atoms with Crippen LogP contribution in [0.2, 0.25) is 0 Å². The second-order valence-electron chi connectivity index (χ2n) is 4.18. The molecule has 0 spiro atoms. The molecule has 86 valence electrons. The molecule has 1 atom stereocenters. The first-order valence-electron chi connectivity index (χ1n) is 6.20. The van der Waals surface area contributed by atoms with Crippen molar-refractivity contribution in [2.75, 3.05) is 19.6 Å². The van der Waals surface area contributed by atoms with Gasteiger partial charge in [-0.15, -0.1) is 0 Å². The first-order valence-corrected chi connectivity index (χ1v) is 6.20. The fourth-order valence-electron chi connectivity index (χ4n) is 1.73. The van der Waals surface area contributed by atoms with Crippen LogP contribution in [0.15, 0.2) is 0 Å². The van der Waals surface area contributed by atoms with Crippen LogP contribution in [0, 0.1) is 0 Å². The van der Waals surface area contributed by atoms with E-state index >= 15 is 0 Å². The van der Waals surface area contributed by atoms with Gasteiger partial charge in [-0.1, -0.05) is 33.1 Å². The summed E-state index contributed by atoms with van der Waals surface area (Å²) in [6.07, 6.45) is 6.63. The molecule has 2 heteroatoms. The Morgan fingerprint density at radius 1 is 1.00 bits per heavy atom. The molecule has 0 heterocycles. The molecule has 0 radical (unpaired) electrons. The fourth-order valence-corrected chi connectivity index (χ4v) is 1.73. The van der Waals surface area contributed by atoms with Crippen molar-refractivity contribution >= 4 is 0 Å². The van der Waals surface area contributed by atoms with Crippen LogP contribution < -0.4 is 5.73 Å². The number of hydrogen-bond acceptors (Lipinski definition) is 2. The predicted molar refractivity (Wildman–Crippen MR) is 64.5 cm³/mol. The van der Waals surface area contributed by atoms with Crippen LogP contribution in [0.4, 0.5) is 0 Å². The zero-order valence-corrected chi connectivity index (χ0v) is 10.3. The highest BCUT2D eigenvalue weighted by atomic mass is 15.2. The van der Waals surface area contributed by atoms with Crippen molar-refractivity contribution in [3.8, 4) is 0 Å². The Morgan fingerprint density at radius 3 is 2.21 bits per heavy atom. The third-order valence-electron chi connectivity index (χ3n) is 2.77. The molecule has 0 aliphatic carbocycles. The number of nitrogens with zero attached hydrogens (tertiary/aromatic N) is 1. The Morgan fingerprint density at radius 2 is 1.71 bits per heavy atom. The lowest BCUT2D eigenvalue weighted by Crippen LogP contribution is -2.39. The van der Waals surface area contributed by atoms with Crippen molar-refractivity contribution in [2.24, 2.45) is 5.73 Å². The second-order valence-corrected chi connectivity index (χ2v) is 4.18. The first kappa shape index (κ1) is 13.9. The Labute approximate surface area is 89.9 Å². The highest BCUT2D eigenvalue weighted by molar-refractivity contribution is 4.67. The van der Waals surface area contributed by atoms with E-state index in [9.17, 15) is 0 Å². The summed E-state index contributed by atoms with van der Waals surface area (Å²) in [5.74, 6) is 0. The minimum absolute atomic E-state index is 0.552. The van der Waals surface area contributed by atoms with Gasteiger partial charge in [0.2, 0.25) is 0 Å². The van der Waals surface area contributed by atoms with Gasteiger partial charge in [0.05, 0.1) is 0 Å². The SMILES string of the molecule is CCCCCCN(CCC)C(C)CN. The molecule has 0 bridgehead atoms. The Hall–Kier alpha value is -0.0800. The molecule has 0 saturated carbocycles. The van der Waals surface area contributed by atoms with E-state index in [0.29, 0.717) is 6.04 Å². The highest BCUT2D eigenvalue weighted by Crippen LogP contribution is 2.05. The summed E-state index contributed by atoms with van der Waals surface area (Å²) in [5, 5.41) is 0. The van der Waals surface area contributed by atoms with Gasteiger partial charge in [0.15, 0.2) is 0 Å². The smallest absolute Gasteiger partial charge is 0.0190 e. The molecule has 0 amide bonds. The van der Waals surface area contributed by atoms with Crippen LogP contribution in [0.25, 0.3) is 0 Å². The zero-order valence-electron chi connectivity index (χ0n) is 10.3. The summed E-state index contributed by atoms with van der Waals surface area (Å²) in [7, 11) is 0. The number of hydrogen-bond donors (Lipinski definition) is 1. The van der Waals surface area contributed by atoms with E-state index in [1.807, 2.05) is 0 Å². The lowest BCUT2D eigenvalue weighted by atomic mass is 10.1. The number of unbranched alkanes of at least 4 members (excludes halogenated alkanes) is 3. The van der Waals surface area contributed by atoms with Crippen LogP contribution in [-0.2, 0) is 0 Å². The van der Waals surface area contributed by atoms with Gasteiger partial charge in [-0.05, 0) is 32.9 Å². The molecule has 1 unspecified atom stereocenters. The van der Waals surface area contributed by atoms with Gasteiger partial charge in [-0.2, -0.15) is 0 Å². The maximum absolute atomic E-state index is 5.69. The van der Waals surface area contributed by atoms with Gasteiger partial charge in [0, 0.05) is 12.6 Å². The van der Waals surface area contributed by atoms with Crippen molar-refractivity contribution in [2.45, 2.75) is 58.9 Å². The van der Waals surface area contributed by atoms with Crippen molar-refractivity contribution in [3.63, 3.8) is 0 Å². The normalized spacial score (nSPS) is 13.5. The van der Waals surface area contributed by atoms with Gasteiger partial charge in [0.25, 0.3) is 0 Å². The minimum Gasteiger partial charge on any atom is -0.329 e. The van der Waals surface area contributed by atoms with Gasteiger partial charge < -0.3 is 5.73 Å². The second kappa shape index (κ2) is 9.47. The summed E-state index contributed by atoms with van der Waals surface area (Å²) < 4.78 is 0. The van der Waals surface area contributed by atoms with Crippen molar-refractivity contribution in [3.05, 3.63) is 0 Å². The largest absolute Gasteiger partial charge is 0.329 e. The van der Waals surface area contributed by atoms with Crippen molar-refractivity contribution in [1.82, 2.24) is 4.90 Å². The molecule has 0 aromatic carbocycles. The molecule has 2 N–H and O–H groups in total. The molecule has 0 aromatic rings. The van der Waals surface area contributed by atoms with Crippen LogP contribution in [0.3, 0.4) is 0 Å². The molecular weight excluding hydrogens is 172 g/mol. The summed E-state index contributed by atoms with van der Waals surface area (Å²) in [6, 6.07) is 0.552. The maximum Gasteiger partial charge on any atom is 0.0190 e. The van der Waals surface area contributed by atoms with Crippen LogP contribution in [0.1, 0.15) is 52.9 Å². The Kier molecular flexibility index (Phi) is 9.42. The van der Waals surface area contributed by atoms with E-state index in [1.165, 1.54) is 45.2 Å².